The first-order chi connectivity index (χ1) is 15.7. The summed E-state index contributed by atoms with van der Waals surface area (Å²) < 4.78 is 16.9. The normalized spacial score (nSPS) is 14.6. The first kappa shape index (κ1) is 25.1. The molecule has 1 heterocycles. The summed E-state index contributed by atoms with van der Waals surface area (Å²) in [6.07, 6.45) is 1.75. The molecule has 0 aromatic heterocycles. The monoisotopic (exact) mass is 550 g/mol. The average Bonchev–Trinajstić information content (AvgIpc) is 3.05. The quantitative estimate of drug-likeness (QED) is 0.262. The molecule has 1 saturated heterocycles. The fraction of sp³-hybridized carbons (Fsp3) is 0.261. The lowest BCUT2D eigenvalue weighted by atomic mass is 10.1. The molecule has 1 aliphatic heterocycles. The second kappa shape index (κ2) is 11.0. The molecule has 174 valence electrons. The third-order valence-electron chi connectivity index (χ3n) is 4.61. The largest absolute Gasteiger partial charge is 0.493 e. The Kier molecular flexibility index (Phi) is 8.39. The fourth-order valence-corrected chi connectivity index (χ4v) is 4.91. The first-order valence-corrected chi connectivity index (χ1v) is 12.0. The predicted molar refractivity (Wildman–Crippen MR) is 139 cm³/mol. The molecule has 0 saturated carbocycles. The van der Waals surface area contributed by atoms with Crippen molar-refractivity contribution in [2.45, 2.75) is 6.92 Å². The topological polar surface area (TPSA) is 68.3 Å². The highest BCUT2D eigenvalue weighted by Crippen LogP contribution is 2.40. The Hall–Kier alpha value is -2.56. The van der Waals surface area contributed by atoms with E-state index in [0.717, 1.165) is 5.69 Å². The van der Waals surface area contributed by atoms with Crippen LogP contribution in [-0.2, 0) is 14.3 Å². The molecule has 33 heavy (non-hydrogen) atoms. The van der Waals surface area contributed by atoms with Crippen molar-refractivity contribution < 1.29 is 23.8 Å². The summed E-state index contributed by atoms with van der Waals surface area (Å²) in [6.45, 7) is 1.76. The summed E-state index contributed by atoms with van der Waals surface area (Å²) in [4.78, 5) is 28.7. The van der Waals surface area contributed by atoms with Crippen molar-refractivity contribution in [3.05, 3.63) is 51.3 Å². The number of benzene rings is 2. The molecule has 3 rings (SSSR count). The van der Waals surface area contributed by atoms with Crippen molar-refractivity contribution in [3.8, 4) is 11.5 Å². The van der Waals surface area contributed by atoms with Gasteiger partial charge in [-0.25, -0.2) is 4.79 Å². The van der Waals surface area contributed by atoms with Gasteiger partial charge in [0.15, 0.2) is 22.4 Å². The van der Waals surface area contributed by atoms with Crippen LogP contribution in [0.1, 0.15) is 12.5 Å². The highest BCUT2D eigenvalue weighted by Gasteiger charge is 2.33. The van der Waals surface area contributed by atoms with Gasteiger partial charge in [-0.05, 0) is 70.9 Å². The van der Waals surface area contributed by atoms with E-state index in [0.29, 0.717) is 36.4 Å². The smallest absolute Gasteiger partial charge is 0.344 e. The van der Waals surface area contributed by atoms with E-state index in [4.69, 9.17) is 26.4 Å². The third kappa shape index (κ3) is 5.87. The van der Waals surface area contributed by atoms with Gasteiger partial charge in [0.1, 0.15) is 0 Å². The second-order valence-electron chi connectivity index (χ2n) is 7.06. The molecule has 7 nitrogen and oxygen atoms in total. The fourth-order valence-electron chi connectivity index (χ4n) is 3.04. The van der Waals surface area contributed by atoms with E-state index < -0.39 is 5.97 Å². The average molecular weight is 551 g/mol. The zero-order chi connectivity index (χ0) is 24.1. The molecule has 0 radical (unpaired) electrons. The molecule has 2 aromatic carbocycles. The van der Waals surface area contributed by atoms with Gasteiger partial charge in [0.05, 0.1) is 28.8 Å². The summed E-state index contributed by atoms with van der Waals surface area (Å²) in [7, 11) is 5.41. The van der Waals surface area contributed by atoms with Crippen molar-refractivity contribution >= 4 is 73.6 Å². The van der Waals surface area contributed by atoms with Crippen molar-refractivity contribution in [2.24, 2.45) is 0 Å². The van der Waals surface area contributed by atoms with Crippen LogP contribution in [0, 0.1) is 0 Å². The van der Waals surface area contributed by atoms with Crippen LogP contribution in [0.3, 0.4) is 0 Å². The number of hydrogen-bond acceptors (Lipinski definition) is 8. The van der Waals surface area contributed by atoms with Crippen LogP contribution < -0.4 is 19.3 Å². The maximum Gasteiger partial charge on any atom is 0.344 e. The number of hydrogen-bond donors (Lipinski definition) is 0. The SMILES string of the molecule is CCOC(=O)COc1c(Br)cc(/C=C2\SC(=S)N(c3ccc(N(C)C)cc3)C2=O)cc1OC. The van der Waals surface area contributed by atoms with E-state index >= 15 is 0 Å². The maximum absolute atomic E-state index is 13.1. The van der Waals surface area contributed by atoms with Gasteiger partial charge >= 0.3 is 5.97 Å². The molecule has 1 fully saturated rings. The second-order valence-corrected chi connectivity index (χ2v) is 9.59. The van der Waals surface area contributed by atoms with E-state index in [-0.39, 0.29) is 19.1 Å². The minimum atomic E-state index is -0.474. The molecule has 2 aromatic rings. The Labute approximate surface area is 210 Å². The number of thiocarbonyl (C=S) groups is 1. The Balaban J connectivity index is 1.84. The molecule has 0 unspecified atom stereocenters. The van der Waals surface area contributed by atoms with Crippen LogP contribution in [-0.4, -0.2) is 50.6 Å². The summed E-state index contributed by atoms with van der Waals surface area (Å²) in [5.41, 5.74) is 2.46. The summed E-state index contributed by atoms with van der Waals surface area (Å²) in [5.74, 6) is 0.115. The Bertz CT molecular complexity index is 1100. The Morgan fingerprint density at radius 3 is 2.55 bits per heavy atom. The molecule has 0 atom stereocenters. The van der Waals surface area contributed by atoms with Gasteiger partial charge in [-0.2, -0.15) is 0 Å². The van der Waals surface area contributed by atoms with Gasteiger partial charge < -0.3 is 19.1 Å². The van der Waals surface area contributed by atoms with Crippen molar-refractivity contribution in [1.29, 1.82) is 0 Å². The lowest BCUT2D eigenvalue weighted by Crippen LogP contribution is -2.27. The Morgan fingerprint density at radius 1 is 1.24 bits per heavy atom. The molecular formula is C23H23BrN2O5S2. The van der Waals surface area contributed by atoms with E-state index in [2.05, 4.69) is 15.9 Å². The number of halogens is 1. The Morgan fingerprint density at radius 2 is 1.94 bits per heavy atom. The van der Waals surface area contributed by atoms with Crippen LogP contribution in [0.4, 0.5) is 11.4 Å². The minimum Gasteiger partial charge on any atom is -0.493 e. The minimum absolute atomic E-state index is 0.194. The highest BCUT2D eigenvalue weighted by atomic mass is 79.9. The van der Waals surface area contributed by atoms with Gasteiger partial charge in [0.25, 0.3) is 5.91 Å². The number of carbonyl (C=O) groups excluding carboxylic acids is 2. The number of methoxy groups -OCH3 is 1. The molecule has 0 bridgehead atoms. The van der Waals surface area contributed by atoms with E-state index in [9.17, 15) is 9.59 Å². The highest BCUT2D eigenvalue weighted by molar-refractivity contribution is 9.10. The number of nitrogens with zero attached hydrogens (tertiary/aromatic N) is 2. The maximum atomic E-state index is 13.1. The van der Waals surface area contributed by atoms with Crippen molar-refractivity contribution in [2.75, 3.05) is 44.2 Å². The number of esters is 1. The van der Waals surface area contributed by atoms with Crippen LogP contribution in [0.5, 0.6) is 11.5 Å². The zero-order valence-electron chi connectivity index (χ0n) is 18.6. The molecule has 0 spiro atoms. The lowest BCUT2D eigenvalue weighted by molar-refractivity contribution is -0.145. The van der Waals surface area contributed by atoms with Gasteiger partial charge in [0.2, 0.25) is 0 Å². The van der Waals surface area contributed by atoms with Crippen molar-refractivity contribution in [3.63, 3.8) is 0 Å². The summed E-state index contributed by atoms with van der Waals surface area (Å²) >= 11 is 10.2. The number of carbonyl (C=O) groups is 2. The van der Waals surface area contributed by atoms with E-state index in [1.807, 2.05) is 43.3 Å². The third-order valence-corrected chi connectivity index (χ3v) is 6.50. The van der Waals surface area contributed by atoms with Gasteiger partial charge in [-0.1, -0.05) is 24.0 Å². The number of amides is 1. The van der Waals surface area contributed by atoms with Crippen LogP contribution in [0.2, 0.25) is 0 Å². The zero-order valence-corrected chi connectivity index (χ0v) is 21.8. The predicted octanol–water partition coefficient (Wildman–Crippen LogP) is 4.87. The number of ether oxygens (including phenoxy) is 3. The lowest BCUT2D eigenvalue weighted by Gasteiger charge is -2.17. The van der Waals surface area contributed by atoms with E-state index in [1.54, 1.807) is 25.1 Å². The van der Waals surface area contributed by atoms with Gasteiger partial charge in [0, 0.05) is 19.8 Å². The number of anilines is 2. The van der Waals surface area contributed by atoms with Gasteiger partial charge in [-0.15, -0.1) is 0 Å². The number of rotatable bonds is 8. The molecule has 1 aliphatic rings. The van der Waals surface area contributed by atoms with Crippen LogP contribution >= 0.6 is 39.9 Å². The standard InChI is InChI=1S/C23H23BrN2O5S2/c1-5-30-20(27)13-31-21-17(24)10-14(11-18(21)29-4)12-19-22(28)26(23(32)33-19)16-8-6-15(7-9-16)25(2)3/h6-12H,5,13H2,1-4H3/b19-12-. The number of thioether (sulfide) groups is 1. The van der Waals surface area contributed by atoms with Crippen LogP contribution in [0.25, 0.3) is 6.08 Å². The molecule has 0 aliphatic carbocycles. The molecule has 1 amide bonds. The summed E-state index contributed by atoms with van der Waals surface area (Å²) in [5, 5.41) is 0. The van der Waals surface area contributed by atoms with E-state index in [1.165, 1.54) is 23.8 Å². The summed E-state index contributed by atoms with van der Waals surface area (Å²) in [6, 6.07) is 11.1. The molecular weight excluding hydrogens is 528 g/mol. The first-order valence-electron chi connectivity index (χ1n) is 9.96. The van der Waals surface area contributed by atoms with Gasteiger partial charge in [-0.3, -0.25) is 9.69 Å². The van der Waals surface area contributed by atoms with Crippen molar-refractivity contribution in [1.82, 2.24) is 0 Å². The molecule has 10 heteroatoms. The van der Waals surface area contributed by atoms with Crippen LogP contribution in [0.15, 0.2) is 45.8 Å². The molecule has 0 N–H and O–H groups in total.